The summed E-state index contributed by atoms with van der Waals surface area (Å²) in [6.07, 6.45) is 1.39. The van der Waals surface area contributed by atoms with Crippen LogP contribution in [0.25, 0.3) is 0 Å². The van der Waals surface area contributed by atoms with Gasteiger partial charge in [-0.25, -0.2) is 4.98 Å². The number of hydrogen-bond donors (Lipinski definition) is 2. The van der Waals surface area contributed by atoms with Crippen LogP contribution in [0.4, 0.5) is 11.5 Å². The monoisotopic (exact) mass is 272 g/mol. The van der Waals surface area contributed by atoms with Crippen LogP contribution in [0.5, 0.6) is 0 Å². The Morgan fingerprint density at radius 3 is 2.50 bits per heavy atom. The van der Waals surface area contributed by atoms with E-state index in [0.717, 1.165) is 5.56 Å². The molecule has 102 valence electrons. The molecule has 2 aromatic rings. The number of carbonyl (C=O) groups is 1. The fraction of sp³-hybridized carbons (Fsp3) is 0.0769. The minimum Gasteiger partial charge on any atom is -0.384 e. The summed E-state index contributed by atoms with van der Waals surface area (Å²) >= 11 is 0. The standard InChI is InChI=1S/C13H12N4O3/c14-12-6-3-10(8-15-12)13(18)16-7-9-1-4-11(5-2-9)17(19)20/h1-6,8H,7H2,(H2,14,15)(H,16,18). The molecule has 2 rings (SSSR count). The minimum absolute atomic E-state index is 0.0165. The molecule has 7 heteroatoms. The highest BCUT2D eigenvalue weighted by molar-refractivity contribution is 5.93. The first-order valence-electron chi connectivity index (χ1n) is 5.79. The first-order chi connectivity index (χ1) is 9.56. The van der Waals surface area contributed by atoms with Crippen molar-refractivity contribution in [2.24, 2.45) is 0 Å². The number of non-ortho nitro benzene ring substituents is 1. The topological polar surface area (TPSA) is 111 Å². The lowest BCUT2D eigenvalue weighted by atomic mass is 10.2. The normalized spacial score (nSPS) is 10.0. The Morgan fingerprint density at radius 1 is 1.25 bits per heavy atom. The van der Waals surface area contributed by atoms with Crippen molar-refractivity contribution in [1.82, 2.24) is 10.3 Å². The van der Waals surface area contributed by atoms with Gasteiger partial charge in [-0.2, -0.15) is 0 Å². The predicted octanol–water partition coefficient (Wildman–Crippen LogP) is 1.50. The fourth-order valence-electron chi connectivity index (χ4n) is 1.56. The Balaban J connectivity index is 1.96. The van der Waals surface area contributed by atoms with Gasteiger partial charge in [-0.15, -0.1) is 0 Å². The Morgan fingerprint density at radius 2 is 1.95 bits per heavy atom. The second kappa shape index (κ2) is 5.79. The van der Waals surface area contributed by atoms with Crippen molar-refractivity contribution >= 4 is 17.4 Å². The van der Waals surface area contributed by atoms with Crippen LogP contribution in [0.2, 0.25) is 0 Å². The van der Waals surface area contributed by atoms with E-state index in [1.165, 1.54) is 18.3 Å². The van der Waals surface area contributed by atoms with Crippen molar-refractivity contribution in [2.45, 2.75) is 6.54 Å². The number of carbonyl (C=O) groups excluding carboxylic acids is 1. The van der Waals surface area contributed by atoms with Gasteiger partial charge in [0.2, 0.25) is 0 Å². The second-order valence-corrected chi connectivity index (χ2v) is 4.08. The van der Waals surface area contributed by atoms with Gasteiger partial charge in [0.25, 0.3) is 11.6 Å². The third-order valence-corrected chi connectivity index (χ3v) is 2.65. The van der Waals surface area contributed by atoms with Gasteiger partial charge in [0.05, 0.1) is 10.5 Å². The third-order valence-electron chi connectivity index (χ3n) is 2.65. The third kappa shape index (κ3) is 3.29. The average molecular weight is 272 g/mol. The SMILES string of the molecule is Nc1ccc(C(=O)NCc2ccc([N+](=O)[O-])cc2)cn1. The van der Waals surface area contributed by atoms with Crippen molar-refractivity contribution in [3.8, 4) is 0 Å². The fourth-order valence-corrected chi connectivity index (χ4v) is 1.56. The molecule has 0 fully saturated rings. The van der Waals surface area contributed by atoms with E-state index in [4.69, 9.17) is 5.73 Å². The maximum Gasteiger partial charge on any atom is 0.269 e. The van der Waals surface area contributed by atoms with Crippen LogP contribution in [0.15, 0.2) is 42.6 Å². The molecular weight excluding hydrogens is 260 g/mol. The Bertz CT molecular complexity index is 623. The molecule has 0 atom stereocenters. The Hall–Kier alpha value is -2.96. The number of amides is 1. The number of nitrogens with one attached hydrogen (secondary N) is 1. The zero-order chi connectivity index (χ0) is 14.5. The quantitative estimate of drug-likeness (QED) is 0.647. The van der Waals surface area contributed by atoms with Crippen LogP contribution in [0.1, 0.15) is 15.9 Å². The predicted molar refractivity (Wildman–Crippen MR) is 72.9 cm³/mol. The van der Waals surface area contributed by atoms with Crippen LogP contribution in [0.3, 0.4) is 0 Å². The molecule has 3 N–H and O–H groups in total. The number of nitrogen functional groups attached to an aromatic ring is 1. The molecular formula is C13H12N4O3. The number of nitro benzene ring substituents is 1. The molecule has 1 aromatic heterocycles. The summed E-state index contributed by atoms with van der Waals surface area (Å²) in [5, 5.41) is 13.2. The summed E-state index contributed by atoms with van der Waals surface area (Å²) in [7, 11) is 0. The van der Waals surface area contributed by atoms with Gasteiger partial charge < -0.3 is 11.1 Å². The van der Waals surface area contributed by atoms with Crippen LogP contribution in [-0.4, -0.2) is 15.8 Å². The van der Waals surface area contributed by atoms with Crippen molar-refractivity contribution in [1.29, 1.82) is 0 Å². The molecule has 1 aromatic carbocycles. The van der Waals surface area contributed by atoms with E-state index < -0.39 is 4.92 Å². The summed E-state index contributed by atoms with van der Waals surface area (Å²) in [6, 6.07) is 9.10. The van der Waals surface area contributed by atoms with E-state index in [9.17, 15) is 14.9 Å². The largest absolute Gasteiger partial charge is 0.384 e. The minimum atomic E-state index is -0.470. The highest BCUT2D eigenvalue weighted by Gasteiger charge is 2.07. The van der Waals surface area contributed by atoms with Crippen LogP contribution in [-0.2, 0) is 6.54 Å². The van der Waals surface area contributed by atoms with Gasteiger partial charge >= 0.3 is 0 Å². The maximum atomic E-state index is 11.8. The molecule has 0 aliphatic carbocycles. The highest BCUT2D eigenvalue weighted by atomic mass is 16.6. The van der Waals surface area contributed by atoms with Crippen molar-refractivity contribution in [3.63, 3.8) is 0 Å². The first-order valence-corrected chi connectivity index (χ1v) is 5.79. The number of pyridine rings is 1. The number of aromatic nitrogens is 1. The number of hydrogen-bond acceptors (Lipinski definition) is 5. The molecule has 1 amide bonds. The van der Waals surface area contributed by atoms with E-state index in [2.05, 4.69) is 10.3 Å². The van der Waals surface area contributed by atoms with Gasteiger partial charge in [-0.3, -0.25) is 14.9 Å². The average Bonchev–Trinajstić information content (AvgIpc) is 2.46. The Labute approximate surface area is 114 Å². The van der Waals surface area contributed by atoms with Gasteiger partial charge in [0.15, 0.2) is 0 Å². The highest BCUT2D eigenvalue weighted by Crippen LogP contribution is 2.11. The zero-order valence-electron chi connectivity index (χ0n) is 10.4. The summed E-state index contributed by atoms with van der Waals surface area (Å²) in [5.41, 5.74) is 6.62. The Kier molecular flexibility index (Phi) is 3.90. The number of nitrogens with two attached hydrogens (primary N) is 1. The van der Waals surface area contributed by atoms with Gasteiger partial charge in [0, 0.05) is 24.9 Å². The lowest BCUT2D eigenvalue weighted by molar-refractivity contribution is -0.384. The van der Waals surface area contributed by atoms with Gasteiger partial charge in [-0.1, -0.05) is 12.1 Å². The second-order valence-electron chi connectivity index (χ2n) is 4.08. The molecule has 0 unspecified atom stereocenters. The van der Waals surface area contributed by atoms with Crippen LogP contribution >= 0.6 is 0 Å². The van der Waals surface area contributed by atoms with Gasteiger partial charge in [0.1, 0.15) is 5.82 Å². The van der Waals surface area contributed by atoms with E-state index in [0.29, 0.717) is 11.4 Å². The zero-order valence-corrected chi connectivity index (χ0v) is 10.4. The van der Waals surface area contributed by atoms with Gasteiger partial charge in [-0.05, 0) is 17.7 Å². The number of nitro groups is 1. The van der Waals surface area contributed by atoms with E-state index in [1.807, 2.05) is 0 Å². The number of rotatable bonds is 4. The van der Waals surface area contributed by atoms with Crippen LogP contribution < -0.4 is 11.1 Å². The molecule has 0 saturated heterocycles. The molecule has 1 heterocycles. The molecule has 7 nitrogen and oxygen atoms in total. The number of anilines is 1. The first kappa shape index (κ1) is 13.5. The molecule has 0 bridgehead atoms. The summed E-state index contributed by atoms with van der Waals surface area (Å²) in [4.78, 5) is 25.7. The molecule has 0 aliphatic heterocycles. The van der Waals surface area contributed by atoms with Crippen molar-refractivity contribution in [2.75, 3.05) is 5.73 Å². The molecule has 0 saturated carbocycles. The molecule has 20 heavy (non-hydrogen) atoms. The lowest BCUT2D eigenvalue weighted by Crippen LogP contribution is -2.22. The van der Waals surface area contributed by atoms with Crippen molar-refractivity contribution < 1.29 is 9.72 Å². The smallest absolute Gasteiger partial charge is 0.269 e. The summed E-state index contributed by atoms with van der Waals surface area (Å²) in [5.74, 6) is 0.0628. The summed E-state index contributed by atoms with van der Waals surface area (Å²) in [6.45, 7) is 0.279. The van der Waals surface area contributed by atoms with E-state index in [1.54, 1.807) is 24.3 Å². The van der Waals surface area contributed by atoms with Crippen molar-refractivity contribution in [3.05, 3.63) is 63.8 Å². The molecule has 0 aliphatic rings. The summed E-state index contributed by atoms with van der Waals surface area (Å²) < 4.78 is 0. The number of nitrogens with zero attached hydrogens (tertiary/aromatic N) is 2. The lowest BCUT2D eigenvalue weighted by Gasteiger charge is -2.05. The number of benzene rings is 1. The molecule has 0 spiro atoms. The molecule has 0 radical (unpaired) electrons. The van der Waals surface area contributed by atoms with Crippen LogP contribution in [0, 0.1) is 10.1 Å². The van der Waals surface area contributed by atoms with E-state index in [-0.39, 0.29) is 18.1 Å². The maximum absolute atomic E-state index is 11.8. The van der Waals surface area contributed by atoms with E-state index >= 15 is 0 Å².